The number of halogens is 1. The Balaban J connectivity index is 1.94. The van der Waals surface area contributed by atoms with Crippen LogP contribution in [0.2, 0.25) is 5.02 Å². The standard InChI is InChI=1S/C24H18ClN3O7S/c1-3-35-23(32)21-12(2)26-24(36-21)27-18(14-5-4-6-16(11-14)28(33)34)17(20(30)22(27)31)19(29)13-7-9-15(25)10-8-13/h4-11,18,29H,3H2,1-2H3/t18-/m0/s1. The van der Waals surface area contributed by atoms with Crippen molar-refractivity contribution in [2.75, 3.05) is 11.5 Å². The maximum Gasteiger partial charge on any atom is 0.350 e. The first kappa shape index (κ1) is 25.0. The summed E-state index contributed by atoms with van der Waals surface area (Å²) >= 11 is 6.78. The van der Waals surface area contributed by atoms with Crippen molar-refractivity contribution in [3.63, 3.8) is 0 Å². The molecule has 2 aromatic carbocycles. The molecule has 1 fully saturated rings. The first-order valence-electron chi connectivity index (χ1n) is 10.6. The average molecular weight is 528 g/mol. The molecule has 3 aromatic rings. The second-order valence-corrected chi connectivity index (χ2v) is 9.07. The maximum atomic E-state index is 13.3. The summed E-state index contributed by atoms with van der Waals surface area (Å²) in [4.78, 5) is 55.1. The highest BCUT2D eigenvalue weighted by Gasteiger charge is 2.48. The van der Waals surface area contributed by atoms with E-state index in [1.165, 1.54) is 48.5 Å². The third kappa shape index (κ3) is 4.45. The predicted octanol–water partition coefficient (Wildman–Crippen LogP) is 4.82. The van der Waals surface area contributed by atoms with Crippen molar-refractivity contribution in [1.29, 1.82) is 0 Å². The number of aryl methyl sites for hydroxylation is 1. The van der Waals surface area contributed by atoms with Crippen LogP contribution in [0.25, 0.3) is 5.76 Å². The van der Waals surface area contributed by atoms with Crippen LogP contribution >= 0.6 is 22.9 Å². The number of rotatable bonds is 6. The number of non-ortho nitro benzene ring substituents is 1. The molecule has 0 saturated carbocycles. The summed E-state index contributed by atoms with van der Waals surface area (Å²) in [6.45, 7) is 3.33. The number of nitro benzene ring substituents is 1. The number of nitrogens with zero attached hydrogens (tertiary/aromatic N) is 3. The van der Waals surface area contributed by atoms with Gasteiger partial charge in [0, 0.05) is 22.7 Å². The van der Waals surface area contributed by atoms with E-state index in [4.69, 9.17) is 16.3 Å². The molecule has 1 aromatic heterocycles. The molecule has 0 spiro atoms. The Morgan fingerprint density at radius 1 is 1.25 bits per heavy atom. The number of carbonyl (C=O) groups excluding carboxylic acids is 3. The van der Waals surface area contributed by atoms with Gasteiger partial charge in [-0.3, -0.25) is 24.6 Å². The van der Waals surface area contributed by atoms with Crippen molar-refractivity contribution in [3.8, 4) is 0 Å². The molecule has 184 valence electrons. The molecule has 36 heavy (non-hydrogen) atoms. The minimum absolute atomic E-state index is 0.00400. The number of carbonyl (C=O) groups is 3. The zero-order valence-corrected chi connectivity index (χ0v) is 20.5. The number of ketones is 1. The van der Waals surface area contributed by atoms with E-state index in [0.717, 1.165) is 16.2 Å². The van der Waals surface area contributed by atoms with Crippen LogP contribution in [0.15, 0.2) is 54.1 Å². The third-order valence-corrected chi connectivity index (χ3v) is 6.80. The molecule has 1 aliphatic heterocycles. The molecule has 0 radical (unpaired) electrons. The average Bonchev–Trinajstić information content (AvgIpc) is 3.36. The van der Waals surface area contributed by atoms with Gasteiger partial charge in [0.05, 0.1) is 28.8 Å². The highest BCUT2D eigenvalue weighted by atomic mass is 35.5. The number of ether oxygens (including phenoxy) is 1. The number of aromatic nitrogens is 1. The molecule has 12 heteroatoms. The van der Waals surface area contributed by atoms with Gasteiger partial charge in [-0.2, -0.15) is 0 Å². The van der Waals surface area contributed by atoms with Crippen molar-refractivity contribution in [2.45, 2.75) is 19.9 Å². The molecular formula is C24H18ClN3O7S. The summed E-state index contributed by atoms with van der Waals surface area (Å²) in [7, 11) is 0. The monoisotopic (exact) mass is 527 g/mol. The minimum Gasteiger partial charge on any atom is -0.507 e. The Labute approximate surface area is 213 Å². The number of hydrogen-bond acceptors (Lipinski definition) is 9. The number of thiazole rings is 1. The van der Waals surface area contributed by atoms with Crippen molar-refractivity contribution in [1.82, 2.24) is 4.98 Å². The number of hydrogen-bond donors (Lipinski definition) is 1. The lowest BCUT2D eigenvalue weighted by molar-refractivity contribution is -0.384. The van der Waals surface area contributed by atoms with E-state index in [0.29, 0.717) is 5.02 Å². The Morgan fingerprint density at radius 3 is 2.58 bits per heavy atom. The summed E-state index contributed by atoms with van der Waals surface area (Å²) in [6.07, 6.45) is 0. The number of Topliss-reactive ketones (excluding diaryl/α,β-unsaturated/α-hetero) is 1. The van der Waals surface area contributed by atoms with Crippen LogP contribution in [0.5, 0.6) is 0 Å². The Morgan fingerprint density at radius 2 is 1.94 bits per heavy atom. The van der Waals surface area contributed by atoms with Crippen LogP contribution in [-0.2, 0) is 14.3 Å². The second-order valence-electron chi connectivity index (χ2n) is 7.66. The fourth-order valence-electron chi connectivity index (χ4n) is 3.79. The van der Waals surface area contributed by atoms with Crippen LogP contribution in [0.1, 0.15) is 39.5 Å². The topological polar surface area (TPSA) is 140 Å². The molecule has 0 bridgehead atoms. The van der Waals surface area contributed by atoms with E-state index < -0.39 is 34.4 Å². The van der Waals surface area contributed by atoms with Crippen molar-refractivity contribution >= 4 is 57.2 Å². The Bertz CT molecular complexity index is 1430. The number of aliphatic hydroxyl groups is 1. The molecule has 10 nitrogen and oxygen atoms in total. The largest absolute Gasteiger partial charge is 0.507 e. The van der Waals surface area contributed by atoms with Gasteiger partial charge >= 0.3 is 11.9 Å². The van der Waals surface area contributed by atoms with Crippen LogP contribution in [0.4, 0.5) is 10.8 Å². The molecule has 0 unspecified atom stereocenters. The predicted molar refractivity (Wildman–Crippen MR) is 132 cm³/mol. The fourth-order valence-corrected chi connectivity index (χ4v) is 4.90. The SMILES string of the molecule is CCOC(=O)c1sc(N2C(=O)C(=O)C(=C(O)c3ccc(Cl)cc3)[C@@H]2c2cccc([N+](=O)[O-])c2)nc1C. The Hall–Kier alpha value is -4.09. The second kappa shape index (κ2) is 9.88. The van der Waals surface area contributed by atoms with E-state index in [2.05, 4.69) is 4.98 Å². The van der Waals surface area contributed by atoms with Crippen LogP contribution in [0, 0.1) is 17.0 Å². The van der Waals surface area contributed by atoms with Gasteiger partial charge in [0.2, 0.25) is 0 Å². The lowest BCUT2D eigenvalue weighted by Gasteiger charge is -2.22. The van der Waals surface area contributed by atoms with Gasteiger partial charge in [0.1, 0.15) is 10.6 Å². The van der Waals surface area contributed by atoms with Gasteiger partial charge in [-0.05, 0) is 43.7 Å². The van der Waals surface area contributed by atoms with Gasteiger partial charge in [0.25, 0.3) is 11.5 Å². The zero-order chi connectivity index (χ0) is 26.1. The number of benzene rings is 2. The zero-order valence-electron chi connectivity index (χ0n) is 18.9. The summed E-state index contributed by atoms with van der Waals surface area (Å²) in [5.74, 6) is -3.14. The van der Waals surface area contributed by atoms with E-state index in [1.807, 2.05) is 0 Å². The fraction of sp³-hybridized carbons (Fsp3) is 0.167. The molecular weight excluding hydrogens is 510 g/mol. The first-order valence-corrected chi connectivity index (χ1v) is 11.8. The molecule has 1 saturated heterocycles. The molecule has 2 heterocycles. The minimum atomic E-state index is -1.25. The third-order valence-electron chi connectivity index (χ3n) is 5.41. The number of esters is 1. The lowest BCUT2D eigenvalue weighted by Crippen LogP contribution is -2.29. The van der Waals surface area contributed by atoms with Crippen molar-refractivity contribution in [3.05, 3.63) is 90.9 Å². The molecule has 1 amide bonds. The number of amides is 1. The summed E-state index contributed by atoms with van der Waals surface area (Å²) in [5, 5.41) is 22.9. The number of nitro groups is 1. The van der Waals surface area contributed by atoms with Crippen LogP contribution in [0.3, 0.4) is 0 Å². The molecule has 1 atom stereocenters. The summed E-state index contributed by atoms with van der Waals surface area (Å²) < 4.78 is 5.04. The van der Waals surface area contributed by atoms with Gasteiger partial charge < -0.3 is 9.84 Å². The van der Waals surface area contributed by atoms with Crippen LogP contribution < -0.4 is 4.90 Å². The molecule has 1 N–H and O–H groups in total. The van der Waals surface area contributed by atoms with E-state index in [9.17, 15) is 29.6 Å². The lowest BCUT2D eigenvalue weighted by atomic mass is 9.95. The molecule has 0 aliphatic carbocycles. The smallest absolute Gasteiger partial charge is 0.350 e. The van der Waals surface area contributed by atoms with E-state index in [1.54, 1.807) is 13.8 Å². The first-order chi connectivity index (χ1) is 17.1. The maximum absolute atomic E-state index is 13.3. The van der Waals surface area contributed by atoms with Crippen molar-refractivity contribution in [2.24, 2.45) is 0 Å². The van der Waals surface area contributed by atoms with Crippen molar-refractivity contribution < 1.29 is 29.2 Å². The van der Waals surface area contributed by atoms with Gasteiger partial charge in [-0.1, -0.05) is 35.1 Å². The molecule has 4 rings (SSSR count). The van der Waals surface area contributed by atoms with Gasteiger partial charge in [-0.15, -0.1) is 0 Å². The normalized spacial score (nSPS) is 16.9. The van der Waals surface area contributed by atoms with E-state index in [-0.39, 0.29) is 44.7 Å². The highest BCUT2D eigenvalue weighted by molar-refractivity contribution is 7.17. The number of anilines is 1. The summed E-state index contributed by atoms with van der Waals surface area (Å²) in [5.41, 5.74) is 0.145. The number of aliphatic hydroxyl groups excluding tert-OH is 1. The quantitative estimate of drug-likeness (QED) is 0.120. The van der Waals surface area contributed by atoms with Gasteiger partial charge in [0.15, 0.2) is 5.13 Å². The molecule has 1 aliphatic rings. The Kier molecular flexibility index (Phi) is 6.86. The summed E-state index contributed by atoms with van der Waals surface area (Å²) in [6, 6.07) is 10.1. The van der Waals surface area contributed by atoms with Gasteiger partial charge in [-0.25, -0.2) is 9.78 Å². The highest BCUT2D eigenvalue weighted by Crippen LogP contribution is 2.44. The van der Waals surface area contributed by atoms with Crippen LogP contribution in [-0.4, -0.2) is 39.3 Å². The van der Waals surface area contributed by atoms with E-state index >= 15 is 0 Å².